The standard InChI is InChI=1S/C24H30FN3O2/c1-17(2)14-23(29)27-20-10-12-28(13-11-20)22-9-4-3-8-21(22)24(30)26-16-18-6-5-7-19(25)15-18/h3-9,15,17,20H,10-14,16H2,1-2H3,(H,26,30)(H,27,29). The topological polar surface area (TPSA) is 61.4 Å². The molecule has 1 heterocycles. The number of carbonyl (C=O) groups excluding carboxylic acids is 2. The lowest BCUT2D eigenvalue weighted by Gasteiger charge is -2.35. The van der Waals surface area contributed by atoms with Crippen LogP contribution < -0.4 is 15.5 Å². The van der Waals surface area contributed by atoms with E-state index in [1.165, 1.54) is 12.1 Å². The highest BCUT2D eigenvalue weighted by molar-refractivity contribution is 5.99. The van der Waals surface area contributed by atoms with E-state index < -0.39 is 0 Å². The van der Waals surface area contributed by atoms with Crippen LogP contribution in [0.2, 0.25) is 0 Å². The number of amides is 2. The first kappa shape index (κ1) is 21.8. The van der Waals surface area contributed by atoms with Crippen LogP contribution in [0.1, 0.15) is 49.0 Å². The lowest BCUT2D eigenvalue weighted by atomic mass is 10.0. The van der Waals surface area contributed by atoms with Crippen LogP contribution >= 0.6 is 0 Å². The number of para-hydroxylation sites is 1. The van der Waals surface area contributed by atoms with Crippen molar-refractivity contribution in [3.63, 3.8) is 0 Å². The second kappa shape index (κ2) is 10.2. The van der Waals surface area contributed by atoms with Crippen LogP contribution in [-0.2, 0) is 11.3 Å². The highest BCUT2D eigenvalue weighted by Gasteiger charge is 2.23. The third kappa shape index (κ3) is 6.05. The van der Waals surface area contributed by atoms with Gasteiger partial charge in [-0.25, -0.2) is 4.39 Å². The van der Waals surface area contributed by atoms with Crippen LogP contribution in [0.5, 0.6) is 0 Å². The lowest BCUT2D eigenvalue weighted by Crippen LogP contribution is -2.45. The Morgan fingerprint density at radius 3 is 2.53 bits per heavy atom. The van der Waals surface area contributed by atoms with Gasteiger partial charge in [-0.05, 0) is 48.6 Å². The first-order valence-corrected chi connectivity index (χ1v) is 10.6. The zero-order chi connectivity index (χ0) is 21.5. The van der Waals surface area contributed by atoms with E-state index in [0.29, 0.717) is 17.9 Å². The van der Waals surface area contributed by atoms with Crippen molar-refractivity contribution in [3.8, 4) is 0 Å². The molecule has 2 N–H and O–H groups in total. The highest BCUT2D eigenvalue weighted by Crippen LogP contribution is 2.24. The first-order chi connectivity index (χ1) is 14.4. The van der Waals surface area contributed by atoms with Crippen molar-refractivity contribution in [1.29, 1.82) is 0 Å². The monoisotopic (exact) mass is 411 g/mol. The number of hydrogen-bond donors (Lipinski definition) is 2. The molecule has 2 aromatic rings. The summed E-state index contributed by atoms with van der Waals surface area (Å²) >= 11 is 0. The largest absolute Gasteiger partial charge is 0.371 e. The summed E-state index contributed by atoms with van der Waals surface area (Å²) < 4.78 is 13.3. The third-order valence-corrected chi connectivity index (χ3v) is 5.29. The lowest BCUT2D eigenvalue weighted by molar-refractivity contribution is -0.122. The molecule has 2 amide bonds. The molecule has 0 bridgehead atoms. The SMILES string of the molecule is CC(C)CC(=O)NC1CCN(c2ccccc2C(=O)NCc2cccc(F)c2)CC1. The van der Waals surface area contributed by atoms with E-state index in [1.54, 1.807) is 12.1 Å². The Bertz CT molecular complexity index is 876. The maximum atomic E-state index is 13.3. The van der Waals surface area contributed by atoms with E-state index in [9.17, 15) is 14.0 Å². The van der Waals surface area contributed by atoms with Crippen molar-refractivity contribution < 1.29 is 14.0 Å². The number of halogens is 1. The molecule has 30 heavy (non-hydrogen) atoms. The maximum absolute atomic E-state index is 13.3. The fourth-order valence-corrected chi connectivity index (χ4v) is 3.79. The van der Waals surface area contributed by atoms with Crippen molar-refractivity contribution in [2.24, 2.45) is 5.92 Å². The van der Waals surface area contributed by atoms with Crippen LogP contribution in [-0.4, -0.2) is 30.9 Å². The summed E-state index contributed by atoms with van der Waals surface area (Å²) in [5, 5.41) is 6.01. The van der Waals surface area contributed by atoms with E-state index in [-0.39, 0.29) is 30.2 Å². The second-order valence-electron chi connectivity index (χ2n) is 8.26. The summed E-state index contributed by atoms with van der Waals surface area (Å²) in [7, 11) is 0. The molecule has 0 aliphatic carbocycles. The Labute approximate surface area is 177 Å². The molecule has 2 aromatic carbocycles. The van der Waals surface area contributed by atoms with Gasteiger partial charge in [0.15, 0.2) is 0 Å². The number of benzene rings is 2. The molecular formula is C24H30FN3O2. The Morgan fingerprint density at radius 2 is 1.83 bits per heavy atom. The number of hydrogen-bond acceptors (Lipinski definition) is 3. The van der Waals surface area contributed by atoms with Crippen LogP contribution in [0.3, 0.4) is 0 Å². The summed E-state index contributed by atoms with van der Waals surface area (Å²) in [5.41, 5.74) is 2.22. The molecule has 0 spiro atoms. The Kier molecular flexibility index (Phi) is 7.44. The first-order valence-electron chi connectivity index (χ1n) is 10.6. The minimum Gasteiger partial charge on any atom is -0.371 e. The van der Waals surface area contributed by atoms with Gasteiger partial charge in [0.2, 0.25) is 5.91 Å². The normalized spacial score (nSPS) is 14.6. The van der Waals surface area contributed by atoms with Gasteiger partial charge in [0.1, 0.15) is 5.82 Å². The van der Waals surface area contributed by atoms with Crippen LogP contribution in [0.25, 0.3) is 0 Å². The van der Waals surface area contributed by atoms with Gasteiger partial charge in [-0.3, -0.25) is 9.59 Å². The molecule has 0 unspecified atom stereocenters. The number of rotatable bonds is 7. The summed E-state index contributed by atoms with van der Waals surface area (Å²) in [5.74, 6) is -0.0313. The van der Waals surface area contributed by atoms with Crippen molar-refractivity contribution in [2.45, 2.75) is 45.7 Å². The van der Waals surface area contributed by atoms with Gasteiger partial charge in [-0.1, -0.05) is 38.1 Å². The number of anilines is 1. The summed E-state index contributed by atoms with van der Waals surface area (Å²) in [4.78, 5) is 27.0. The van der Waals surface area contributed by atoms with E-state index in [0.717, 1.165) is 37.2 Å². The Morgan fingerprint density at radius 1 is 1.10 bits per heavy atom. The van der Waals surface area contributed by atoms with Gasteiger partial charge >= 0.3 is 0 Å². The summed E-state index contributed by atoms with van der Waals surface area (Å²) in [6.45, 7) is 5.91. The van der Waals surface area contributed by atoms with Crippen molar-refractivity contribution >= 4 is 17.5 Å². The zero-order valence-corrected chi connectivity index (χ0v) is 17.7. The second-order valence-corrected chi connectivity index (χ2v) is 8.26. The molecule has 1 saturated heterocycles. The van der Waals surface area contributed by atoms with Crippen molar-refractivity contribution in [2.75, 3.05) is 18.0 Å². The molecule has 160 valence electrons. The average Bonchev–Trinajstić information content (AvgIpc) is 2.72. The molecule has 1 aliphatic heterocycles. The smallest absolute Gasteiger partial charge is 0.253 e. The van der Waals surface area contributed by atoms with Gasteiger partial charge in [-0.15, -0.1) is 0 Å². The molecule has 5 nitrogen and oxygen atoms in total. The molecule has 0 saturated carbocycles. The number of nitrogens with zero attached hydrogens (tertiary/aromatic N) is 1. The highest BCUT2D eigenvalue weighted by atomic mass is 19.1. The fraction of sp³-hybridized carbons (Fsp3) is 0.417. The Balaban J connectivity index is 1.59. The number of carbonyl (C=O) groups is 2. The predicted molar refractivity (Wildman–Crippen MR) is 117 cm³/mol. The van der Waals surface area contributed by atoms with Gasteiger partial charge in [0.25, 0.3) is 5.91 Å². The van der Waals surface area contributed by atoms with E-state index in [4.69, 9.17) is 0 Å². The van der Waals surface area contributed by atoms with E-state index in [2.05, 4.69) is 15.5 Å². The maximum Gasteiger partial charge on any atom is 0.253 e. The molecule has 0 atom stereocenters. The van der Waals surface area contributed by atoms with Crippen molar-refractivity contribution in [1.82, 2.24) is 10.6 Å². The molecule has 3 rings (SSSR count). The molecule has 0 aromatic heterocycles. The molecular weight excluding hydrogens is 381 g/mol. The molecule has 0 radical (unpaired) electrons. The third-order valence-electron chi connectivity index (χ3n) is 5.29. The molecule has 1 aliphatic rings. The predicted octanol–water partition coefficient (Wildman–Crippen LogP) is 3.89. The average molecular weight is 412 g/mol. The molecule has 6 heteroatoms. The summed E-state index contributed by atoms with van der Waals surface area (Å²) in [6.07, 6.45) is 2.25. The zero-order valence-electron chi connectivity index (χ0n) is 17.7. The fourth-order valence-electron chi connectivity index (χ4n) is 3.79. The number of nitrogens with one attached hydrogen (secondary N) is 2. The molecule has 1 fully saturated rings. The quantitative estimate of drug-likeness (QED) is 0.727. The van der Waals surface area contributed by atoms with E-state index in [1.807, 2.05) is 38.1 Å². The summed E-state index contributed by atoms with van der Waals surface area (Å²) in [6, 6.07) is 13.9. The number of piperidine rings is 1. The van der Waals surface area contributed by atoms with Crippen molar-refractivity contribution in [3.05, 3.63) is 65.5 Å². The van der Waals surface area contributed by atoms with Gasteiger partial charge < -0.3 is 15.5 Å². The van der Waals surface area contributed by atoms with E-state index >= 15 is 0 Å². The van der Waals surface area contributed by atoms with Crippen LogP contribution in [0.15, 0.2) is 48.5 Å². The van der Waals surface area contributed by atoms with Gasteiger partial charge in [0.05, 0.1) is 5.56 Å². The Hall–Kier alpha value is -2.89. The van der Waals surface area contributed by atoms with Gasteiger partial charge in [0, 0.05) is 37.8 Å². The minimum absolute atomic E-state index is 0.112. The van der Waals surface area contributed by atoms with Crippen LogP contribution in [0.4, 0.5) is 10.1 Å². The minimum atomic E-state index is -0.314. The van der Waals surface area contributed by atoms with Crippen LogP contribution in [0, 0.1) is 11.7 Å². The van der Waals surface area contributed by atoms with Gasteiger partial charge in [-0.2, -0.15) is 0 Å².